The number of halogens is 2. The van der Waals surface area contributed by atoms with Gasteiger partial charge in [0, 0.05) is 18.3 Å². The van der Waals surface area contributed by atoms with Crippen LogP contribution in [0.3, 0.4) is 0 Å². The van der Waals surface area contributed by atoms with Crippen LogP contribution in [0.4, 0.5) is 16.0 Å². The molecular weight excluding hydrogens is 423 g/mol. The number of anilines is 2. The minimum atomic E-state index is -0.722. The Labute approximate surface area is 184 Å². The second-order valence-electron chi connectivity index (χ2n) is 7.42. The highest BCUT2D eigenvalue weighted by molar-refractivity contribution is 6.32. The smallest absolute Gasteiger partial charge is 0.254 e. The number of aryl methyl sites for hydroxylation is 1. The van der Waals surface area contributed by atoms with Crippen LogP contribution in [0.15, 0.2) is 30.6 Å². The van der Waals surface area contributed by atoms with Crippen molar-refractivity contribution in [2.75, 3.05) is 11.9 Å². The van der Waals surface area contributed by atoms with E-state index < -0.39 is 17.8 Å². The highest BCUT2D eigenvalue weighted by Crippen LogP contribution is 2.30. The van der Waals surface area contributed by atoms with Crippen LogP contribution in [0.2, 0.25) is 5.02 Å². The molecule has 3 rings (SSSR count). The number of benzene rings is 1. The van der Waals surface area contributed by atoms with Gasteiger partial charge in [-0.25, -0.2) is 19.3 Å². The molecular formula is C21H24ClFN6O2. The summed E-state index contributed by atoms with van der Waals surface area (Å²) in [5.41, 5.74) is 1.49. The Morgan fingerprint density at radius 2 is 2.00 bits per heavy atom. The SMILES string of the molecule is Cc1ncc(-c2nc(Nc3ccc(C(=O)NC[C@H](C)O)c(F)c3)ncc2Cl)n1C(C)C. The van der Waals surface area contributed by atoms with E-state index in [1.54, 1.807) is 12.3 Å². The second-order valence-corrected chi connectivity index (χ2v) is 7.83. The molecule has 8 nitrogen and oxygen atoms in total. The van der Waals surface area contributed by atoms with Crippen molar-refractivity contribution in [3.63, 3.8) is 0 Å². The summed E-state index contributed by atoms with van der Waals surface area (Å²) in [6.45, 7) is 7.54. The minimum absolute atomic E-state index is 0.0338. The van der Waals surface area contributed by atoms with Crippen LogP contribution in [0.1, 0.15) is 43.0 Å². The number of carbonyl (C=O) groups is 1. The number of nitrogens with zero attached hydrogens (tertiary/aromatic N) is 4. The fourth-order valence-electron chi connectivity index (χ4n) is 3.13. The van der Waals surface area contributed by atoms with Gasteiger partial charge >= 0.3 is 0 Å². The summed E-state index contributed by atoms with van der Waals surface area (Å²) in [5, 5.41) is 15.0. The molecule has 2 heterocycles. The topological polar surface area (TPSA) is 105 Å². The molecule has 0 aliphatic rings. The summed E-state index contributed by atoms with van der Waals surface area (Å²) in [6, 6.07) is 4.22. The number of hydrogen-bond acceptors (Lipinski definition) is 6. The molecule has 3 N–H and O–H groups in total. The van der Waals surface area contributed by atoms with Crippen molar-refractivity contribution in [2.24, 2.45) is 0 Å². The Balaban J connectivity index is 1.85. The fraction of sp³-hybridized carbons (Fsp3) is 0.333. The Hall–Kier alpha value is -3.04. The van der Waals surface area contributed by atoms with Gasteiger partial charge in [-0.2, -0.15) is 0 Å². The highest BCUT2D eigenvalue weighted by atomic mass is 35.5. The first kappa shape index (κ1) is 22.6. The van der Waals surface area contributed by atoms with E-state index in [9.17, 15) is 14.3 Å². The third kappa shape index (κ3) is 5.18. The molecule has 10 heteroatoms. The number of rotatable bonds is 7. The molecule has 0 aliphatic heterocycles. The molecule has 0 radical (unpaired) electrons. The van der Waals surface area contributed by atoms with E-state index in [4.69, 9.17) is 11.6 Å². The number of carbonyl (C=O) groups excluding carboxylic acids is 1. The average Bonchev–Trinajstić information content (AvgIpc) is 3.09. The summed E-state index contributed by atoms with van der Waals surface area (Å²) < 4.78 is 16.5. The molecule has 0 saturated carbocycles. The van der Waals surface area contributed by atoms with Gasteiger partial charge in [0.2, 0.25) is 5.95 Å². The molecule has 1 atom stereocenters. The molecule has 0 bridgehead atoms. The lowest BCUT2D eigenvalue weighted by Gasteiger charge is -2.15. The van der Waals surface area contributed by atoms with Crippen molar-refractivity contribution < 1.29 is 14.3 Å². The molecule has 0 unspecified atom stereocenters. The maximum atomic E-state index is 14.4. The van der Waals surface area contributed by atoms with E-state index in [2.05, 4.69) is 25.6 Å². The van der Waals surface area contributed by atoms with E-state index in [-0.39, 0.29) is 24.1 Å². The van der Waals surface area contributed by atoms with Crippen LogP contribution in [0, 0.1) is 12.7 Å². The molecule has 3 aromatic rings. The first-order valence-electron chi connectivity index (χ1n) is 9.77. The summed E-state index contributed by atoms with van der Waals surface area (Å²) in [6.07, 6.45) is 2.45. The van der Waals surface area contributed by atoms with Gasteiger partial charge in [-0.3, -0.25) is 4.79 Å². The Morgan fingerprint density at radius 1 is 1.26 bits per heavy atom. The van der Waals surface area contributed by atoms with Gasteiger partial charge in [0.25, 0.3) is 5.91 Å². The number of hydrogen-bond donors (Lipinski definition) is 3. The molecule has 2 aromatic heterocycles. The zero-order chi connectivity index (χ0) is 22.7. The molecule has 1 aromatic carbocycles. The van der Waals surface area contributed by atoms with Crippen LogP contribution in [-0.2, 0) is 0 Å². The van der Waals surface area contributed by atoms with Crippen LogP contribution in [0.25, 0.3) is 11.4 Å². The lowest BCUT2D eigenvalue weighted by molar-refractivity contribution is 0.0920. The Kier molecular flexibility index (Phi) is 6.87. The van der Waals surface area contributed by atoms with Crippen LogP contribution in [-0.4, -0.2) is 43.2 Å². The normalized spacial score (nSPS) is 12.1. The zero-order valence-corrected chi connectivity index (χ0v) is 18.4. The monoisotopic (exact) mass is 446 g/mol. The van der Waals surface area contributed by atoms with Crippen molar-refractivity contribution in [2.45, 2.75) is 39.8 Å². The second kappa shape index (κ2) is 9.40. The molecule has 31 heavy (non-hydrogen) atoms. The average molecular weight is 447 g/mol. The van der Waals surface area contributed by atoms with Crippen LogP contribution < -0.4 is 10.6 Å². The third-order valence-corrected chi connectivity index (χ3v) is 4.79. The molecule has 164 valence electrons. The largest absolute Gasteiger partial charge is 0.392 e. The van der Waals surface area contributed by atoms with Crippen molar-refractivity contribution in [1.29, 1.82) is 0 Å². The molecule has 0 fully saturated rings. The van der Waals surface area contributed by atoms with Crippen LogP contribution >= 0.6 is 11.6 Å². The molecule has 0 spiro atoms. The highest BCUT2D eigenvalue weighted by Gasteiger charge is 2.17. The lowest BCUT2D eigenvalue weighted by atomic mass is 10.1. The summed E-state index contributed by atoms with van der Waals surface area (Å²) >= 11 is 6.34. The molecule has 1 amide bonds. The van der Waals surface area contributed by atoms with E-state index in [0.717, 1.165) is 11.5 Å². The quantitative estimate of drug-likeness (QED) is 0.508. The summed E-state index contributed by atoms with van der Waals surface area (Å²) in [4.78, 5) is 25.0. The van der Waals surface area contributed by atoms with Gasteiger partial charge in [-0.15, -0.1) is 0 Å². The molecule has 0 aliphatic carbocycles. The number of amides is 1. The van der Waals surface area contributed by atoms with Gasteiger partial charge < -0.3 is 20.3 Å². The van der Waals surface area contributed by atoms with Gasteiger partial charge in [-0.05, 0) is 45.9 Å². The van der Waals surface area contributed by atoms with Crippen molar-refractivity contribution in [3.8, 4) is 11.4 Å². The summed E-state index contributed by atoms with van der Waals surface area (Å²) in [7, 11) is 0. The van der Waals surface area contributed by atoms with E-state index in [0.29, 0.717) is 16.4 Å². The predicted octanol–water partition coefficient (Wildman–Crippen LogP) is 3.88. The molecule has 0 saturated heterocycles. The van der Waals surface area contributed by atoms with Gasteiger partial charge in [-0.1, -0.05) is 11.6 Å². The maximum Gasteiger partial charge on any atom is 0.254 e. The van der Waals surface area contributed by atoms with E-state index >= 15 is 0 Å². The minimum Gasteiger partial charge on any atom is -0.392 e. The maximum absolute atomic E-state index is 14.4. The Morgan fingerprint density at radius 3 is 2.65 bits per heavy atom. The lowest BCUT2D eigenvalue weighted by Crippen LogP contribution is -2.31. The van der Waals surface area contributed by atoms with Gasteiger partial charge in [0.15, 0.2) is 0 Å². The predicted molar refractivity (Wildman–Crippen MR) is 117 cm³/mol. The van der Waals surface area contributed by atoms with Crippen LogP contribution in [0.5, 0.6) is 0 Å². The summed E-state index contributed by atoms with van der Waals surface area (Å²) in [5.74, 6) is -0.261. The van der Waals surface area contributed by atoms with Crippen molar-refractivity contribution in [1.82, 2.24) is 24.8 Å². The van der Waals surface area contributed by atoms with Gasteiger partial charge in [0.05, 0.1) is 34.8 Å². The number of aliphatic hydroxyl groups excluding tert-OH is 1. The van der Waals surface area contributed by atoms with Crippen molar-refractivity contribution >= 4 is 29.1 Å². The number of nitrogens with one attached hydrogen (secondary N) is 2. The number of imidazole rings is 1. The number of aromatic nitrogens is 4. The first-order valence-corrected chi connectivity index (χ1v) is 10.1. The standard InChI is InChI=1S/C21H24ClFN6O2/c1-11(2)29-13(4)24-10-18(29)19-16(22)9-26-21(28-19)27-14-5-6-15(17(23)7-14)20(31)25-8-12(3)30/h5-7,9-12,30H,8H2,1-4H3,(H,25,31)(H,26,27,28)/t12-/m0/s1. The van der Waals surface area contributed by atoms with E-state index in [1.165, 1.54) is 25.3 Å². The first-order chi connectivity index (χ1) is 14.7. The number of aliphatic hydroxyl groups is 1. The zero-order valence-electron chi connectivity index (χ0n) is 17.6. The van der Waals surface area contributed by atoms with Gasteiger partial charge in [0.1, 0.15) is 17.3 Å². The van der Waals surface area contributed by atoms with E-state index in [1.807, 2.05) is 25.3 Å². The Bertz CT molecular complexity index is 1100. The third-order valence-electron chi connectivity index (χ3n) is 4.51. The fourth-order valence-corrected chi connectivity index (χ4v) is 3.32. The van der Waals surface area contributed by atoms with Crippen molar-refractivity contribution in [3.05, 3.63) is 52.8 Å².